The number of nitrogens with zero attached hydrogens (tertiary/aromatic N) is 1. The zero-order chi connectivity index (χ0) is 14.0. The van der Waals surface area contributed by atoms with E-state index in [2.05, 4.69) is 0 Å². The highest BCUT2D eigenvalue weighted by Gasteiger charge is 2.40. The molecule has 1 saturated heterocycles. The third kappa shape index (κ3) is 2.73. The summed E-state index contributed by atoms with van der Waals surface area (Å²) in [5.74, 6) is -1.39. The van der Waals surface area contributed by atoms with Gasteiger partial charge in [-0.05, 0) is 30.7 Å². The number of aliphatic carboxylic acids is 1. The lowest BCUT2D eigenvalue weighted by Crippen LogP contribution is -2.45. The summed E-state index contributed by atoms with van der Waals surface area (Å²) in [6.07, 6.45) is 0.682. The van der Waals surface area contributed by atoms with Crippen LogP contribution in [0.25, 0.3) is 0 Å². The van der Waals surface area contributed by atoms with Crippen molar-refractivity contribution in [2.75, 3.05) is 5.75 Å². The van der Waals surface area contributed by atoms with Crippen LogP contribution in [0.1, 0.15) is 23.7 Å². The van der Waals surface area contributed by atoms with Crippen LogP contribution in [0.2, 0.25) is 0 Å². The molecule has 0 spiro atoms. The molecule has 1 aromatic carbocycles. The second kappa shape index (κ2) is 5.61. The molecule has 19 heavy (non-hydrogen) atoms. The molecular weight excluding hydrogens is 269 g/mol. The number of halogens is 1. The second-order valence-corrected chi connectivity index (χ2v) is 5.48. The van der Waals surface area contributed by atoms with E-state index in [1.54, 1.807) is 0 Å². The normalized spacial score (nSPS) is 22.5. The molecule has 1 aliphatic heterocycles. The molecule has 2 rings (SSSR count). The van der Waals surface area contributed by atoms with Crippen molar-refractivity contribution in [2.45, 2.75) is 24.8 Å². The molecule has 0 aliphatic carbocycles. The average molecular weight is 283 g/mol. The number of carboxylic acids is 1. The lowest BCUT2D eigenvalue weighted by molar-refractivity contribution is -0.141. The molecule has 1 aromatic rings. The molecule has 102 valence electrons. The Hall–Kier alpha value is -1.56. The van der Waals surface area contributed by atoms with E-state index in [0.717, 1.165) is 0 Å². The average Bonchev–Trinajstić information content (AvgIpc) is 2.82. The van der Waals surface area contributed by atoms with Crippen molar-refractivity contribution in [3.63, 3.8) is 0 Å². The van der Waals surface area contributed by atoms with Crippen molar-refractivity contribution >= 4 is 23.6 Å². The van der Waals surface area contributed by atoms with Crippen LogP contribution < -0.4 is 0 Å². The lowest BCUT2D eigenvalue weighted by Gasteiger charge is -2.26. The Morgan fingerprint density at radius 3 is 2.58 bits per heavy atom. The molecule has 1 aliphatic rings. The van der Waals surface area contributed by atoms with Gasteiger partial charge in [0.25, 0.3) is 5.91 Å². The highest BCUT2D eigenvalue weighted by molar-refractivity contribution is 8.00. The number of benzene rings is 1. The third-order valence-corrected chi connectivity index (χ3v) is 4.51. The van der Waals surface area contributed by atoms with E-state index >= 15 is 0 Å². The Bertz CT molecular complexity index is 491. The van der Waals surface area contributed by atoms with E-state index in [4.69, 9.17) is 5.11 Å². The van der Waals surface area contributed by atoms with Gasteiger partial charge in [-0.1, -0.05) is 6.92 Å². The lowest BCUT2D eigenvalue weighted by atomic mass is 10.1. The Morgan fingerprint density at radius 1 is 1.42 bits per heavy atom. The minimum Gasteiger partial charge on any atom is -0.480 e. The first-order valence-corrected chi connectivity index (χ1v) is 7.02. The summed E-state index contributed by atoms with van der Waals surface area (Å²) in [5, 5.41) is 9.03. The van der Waals surface area contributed by atoms with Gasteiger partial charge in [-0.15, -0.1) is 11.8 Å². The van der Waals surface area contributed by atoms with E-state index in [1.807, 2.05) is 6.92 Å². The van der Waals surface area contributed by atoms with Crippen LogP contribution in [-0.2, 0) is 4.79 Å². The third-order valence-electron chi connectivity index (χ3n) is 3.05. The first kappa shape index (κ1) is 13.9. The van der Waals surface area contributed by atoms with Gasteiger partial charge < -0.3 is 10.0 Å². The number of rotatable bonds is 3. The fourth-order valence-corrected chi connectivity index (χ4v) is 3.43. The van der Waals surface area contributed by atoms with Crippen LogP contribution in [0.15, 0.2) is 24.3 Å². The van der Waals surface area contributed by atoms with Crippen molar-refractivity contribution in [2.24, 2.45) is 0 Å². The number of thioether (sulfide) groups is 1. The van der Waals surface area contributed by atoms with Crippen LogP contribution in [0, 0.1) is 5.82 Å². The molecule has 2 atom stereocenters. The van der Waals surface area contributed by atoms with Crippen molar-refractivity contribution in [1.82, 2.24) is 4.90 Å². The van der Waals surface area contributed by atoms with Gasteiger partial charge in [0, 0.05) is 11.3 Å². The Labute approximate surface area is 114 Å². The van der Waals surface area contributed by atoms with Crippen LogP contribution in [0.5, 0.6) is 0 Å². The number of hydrogen-bond donors (Lipinski definition) is 1. The van der Waals surface area contributed by atoms with Crippen molar-refractivity contribution < 1.29 is 19.1 Å². The Kier molecular flexibility index (Phi) is 4.09. The maximum absolute atomic E-state index is 12.9. The number of hydrogen-bond acceptors (Lipinski definition) is 3. The van der Waals surface area contributed by atoms with E-state index < -0.39 is 17.8 Å². The molecule has 2 unspecified atom stereocenters. The summed E-state index contributed by atoms with van der Waals surface area (Å²) >= 11 is 1.46. The molecule has 1 fully saturated rings. The Balaban J connectivity index is 2.28. The van der Waals surface area contributed by atoms with Gasteiger partial charge in [-0.25, -0.2) is 9.18 Å². The molecular formula is C13H14FNO3S. The summed E-state index contributed by atoms with van der Waals surface area (Å²) in [7, 11) is 0. The van der Waals surface area contributed by atoms with E-state index in [-0.39, 0.29) is 11.3 Å². The first-order chi connectivity index (χ1) is 9.04. The molecule has 0 saturated carbocycles. The number of carbonyl (C=O) groups is 2. The van der Waals surface area contributed by atoms with Gasteiger partial charge >= 0.3 is 5.97 Å². The maximum Gasteiger partial charge on any atom is 0.327 e. The predicted octanol–water partition coefficient (Wildman–Crippen LogP) is 2.20. The van der Waals surface area contributed by atoms with Crippen molar-refractivity contribution in [3.05, 3.63) is 35.6 Å². The van der Waals surface area contributed by atoms with E-state index in [9.17, 15) is 14.0 Å². The zero-order valence-corrected chi connectivity index (χ0v) is 11.2. The number of carboxylic acid groups (broad SMARTS) is 1. The fourth-order valence-electron chi connectivity index (χ4n) is 2.08. The van der Waals surface area contributed by atoms with Gasteiger partial charge in [0.05, 0.1) is 5.37 Å². The largest absolute Gasteiger partial charge is 0.480 e. The fraction of sp³-hybridized carbons (Fsp3) is 0.385. The second-order valence-electron chi connectivity index (χ2n) is 4.27. The molecule has 0 aromatic heterocycles. The van der Waals surface area contributed by atoms with Crippen LogP contribution >= 0.6 is 11.8 Å². The SMILES string of the molecule is CCC1SCC(C(=O)O)N1C(=O)c1ccc(F)cc1. The highest BCUT2D eigenvalue weighted by atomic mass is 32.2. The van der Waals surface area contributed by atoms with E-state index in [1.165, 1.54) is 40.9 Å². The van der Waals surface area contributed by atoms with E-state index in [0.29, 0.717) is 17.7 Å². The number of amides is 1. The summed E-state index contributed by atoms with van der Waals surface area (Å²) < 4.78 is 12.9. The Morgan fingerprint density at radius 2 is 2.05 bits per heavy atom. The first-order valence-electron chi connectivity index (χ1n) is 5.97. The molecule has 4 nitrogen and oxygen atoms in total. The zero-order valence-electron chi connectivity index (χ0n) is 10.4. The van der Waals surface area contributed by atoms with Crippen molar-refractivity contribution in [3.8, 4) is 0 Å². The maximum atomic E-state index is 12.9. The van der Waals surface area contributed by atoms with Gasteiger partial charge in [-0.3, -0.25) is 4.79 Å². The molecule has 1 N–H and O–H groups in total. The molecule has 1 amide bonds. The highest BCUT2D eigenvalue weighted by Crippen LogP contribution is 2.32. The van der Waals surface area contributed by atoms with Gasteiger partial charge in [0.15, 0.2) is 0 Å². The topological polar surface area (TPSA) is 57.6 Å². The summed E-state index contributed by atoms with van der Waals surface area (Å²) in [5.41, 5.74) is 0.314. The van der Waals surface area contributed by atoms with Gasteiger partial charge in [0.2, 0.25) is 0 Å². The smallest absolute Gasteiger partial charge is 0.327 e. The molecule has 0 bridgehead atoms. The van der Waals surface area contributed by atoms with Gasteiger partial charge in [-0.2, -0.15) is 0 Å². The molecule has 6 heteroatoms. The number of carbonyl (C=O) groups excluding carboxylic acids is 1. The standard InChI is InChI=1S/C13H14FNO3S/c1-2-11-15(10(7-19-11)13(17)18)12(16)8-3-5-9(14)6-4-8/h3-6,10-11H,2,7H2,1H3,(H,17,18). The summed E-state index contributed by atoms with van der Waals surface area (Å²) in [6, 6.07) is 4.35. The quantitative estimate of drug-likeness (QED) is 0.924. The predicted molar refractivity (Wildman–Crippen MR) is 70.5 cm³/mol. The van der Waals surface area contributed by atoms with Crippen LogP contribution in [0.3, 0.4) is 0 Å². The summed E-state index contributed by atoms with van der Waals surface area (Å²) in [6.45, 7) is 1.91. The monoisotopic (exact) mass is 283 g/mol. The van der Waals surface area contributed by atoms with Gasteiger partial charge in [0.1, 0.15) is 11.9 Å². The minimum absolute atomic E-state index is 0.140. The minimum atomic E-state index is -1.00. The summed E-state index contributed by atoms with van der Waals surface area (Å²) in [4.78, 5) is 25.0. The molecule has 0 radical (unpaired) electrons. The van der Waals surface area contributed by atoms with Crippen LogP contribution in [-0.4, -0.2) is 39.1 Å². The van der Waals surface area contributed by atoms with Crippen molar-refractivity contribution in [1.29, 1.82) is 0 Å². The molecule has 1 heterocycles. The van der Waals surface area contributed by atoms with Crippen LogP contribution in [0.4, 0.5) is 4.39 Å².